The van der Waals surface area contributed by atoms with Crippen LogP contribution in [0.15, 0.2) is 119 Å². The molecule has 6 nitrogen and oxygen atoms in total. The lowest BCUT2D eigenvalue weighted by molar-refractivity contribution is -0.903. The number of hydrogen-bond acceptors (Lipinski definition) is 6. The Bertz CT molecular complexity index is 1750. The lowest BCUT2D eigenvalue weighted by Gasteiger charge is -2.30. The number of carbonyl (C=O) groups excluding carboxylic acids is 2. The van der Waals surface area contributed by atoms with Gasteiger partial charge in [0.25, 0.3) is 0 Å². The van der Waals surface area contributed by atoms with Gasteiger partial charge in [0, 0.05) is 20.9 Å². The zero-order chi connectivity index (χ0) is 52.4. The van der Waals surface area contributed by atoms with Crippen LogP contribution < -0.4 is 10.2 Å². The number of nitrogens with zero attached hydrogens (tertiary/aromatic N) is 2. The summed E-state index contributed by atoms with van der Waals surface area (Å²) in [5.74, 6) is -2.40. The predicted molar refractivity (Wildman–Crippen MR) is 308 cm³/mol. The van der Waals surface area contributed by atoms with Crippen molar-refractivity contribution in [1.82, 2.24) is 0 Å². The maximum atomic E-state index is 10.6. The summed E-state index contributed by atoms with van der Waals surface area (Å²) < 4.78 is 2.23. The fourth-order valence-electron chi connectivity index (χ4n) is 9.17. The van der Waals surface area contributed by atoms with Crippen molar-refractivity contribution in [2.24, 2.45) is 0 Å². The van der Waals surface area contributed by atoms with Crippen LogP contribution in [0.25, 0.3) is 0 Å². The van der Waals surface area contributed by atoms with Gasteiger partial charge in [-0.25, -0.2) is 0 Å². The summed E-state index contributed by atoms with van der Waals surface area (Å²) in [5, 5.41) is 21.2. The van der Waals surface area contributed by atoms with E-state index in [1.165, 1.54) is 250 Å². The van der Waals surface area contributed by atoms with E-state index in [9.17, 15) is 19.8 Å². The Balaban J connectivity index is 0.000000373. The van der Waals surface area contributed by atoms with Crippen molar-refractivity contribution in [3.05, 3.63) is 131 Å². The number of rotatable bonds is 39. The third-order valence-corrected chi connectivity index (χ3v) is 16.0. The second kappa shape index (κ2) is 41.8. The summed E-state index contributed by atoms with van der Waals surface area (Å²) in [6, 6.07) is 34.6. The third-order valence-electron chi connectivity index (χ3n) is 13.6. The van der Waals surface area contributed by atoms with Crippen LogP contribution >= 0.6 is 21.6 Å². The molecular weight excluding hydrogens is 925 g/mol. The quantitative estimate of drug-likeness (QED) is 0.0252. The molecule has 0 fully saturated rings. The van der Waals surface area contributed by atoms with Gasteiger partial charge in [-0.3, -0.25) is 0 Å². The molecule has 0 radical (unpaired) electrons. The van der Waals surface area contributed by atoms with Crippen molar-refractivity contribution >= 4 is 33.5 Å². The molecule has 0 unspecified atom stereocenters. The molecule has 0 aliphatic carbocycles. The van der Waals surface area contributed by atoms with E-state index in [-0.39, 0.29) is 11.1 Å². The van der Waals surface area contributed by atoms with Crippen molar-refractivity contribution in [2.45, 2.75) is 217 Å². The second-order valence-corrected chi connectivity index (χ2v) is 23.9. The van der Waals surface area contributed by atoms with Crippen molar-refractivity contribution in [2.75, 3.05) is 41.3 Å². The minimum atomic E-state index is -1.20. The molecule has 0 saturated heterocycles. The molecule has 0 aromatic heterocycles. The molecule has 4 aromatic carbocycles. The first-order valence-corrected chi connectivity index (χ1v) is 30.7. The van der Waals surface area contributed by atoms with E-state index in [1.54, 1.807) is 24.3 Å². The number of carbonyl (C=O) groups is 2. The second-order valence-electron chi connectivity index (χ2n) is 21.6. The van der Waals surface area contributed by atoms with Crippen molar-refractivity contribution in [3.8, 4) is 0 Å². The molecule has 0 heterocycles. The Morgan fingerprint density at radius 2 is 0.583 bits per heavy atom. The van der Waals surface area contributed by atoms with Crippen LogP contribution in [-0.2, 0) is 13.1 Å². The van der Waals surface area contributed by atoms with Gasteiger partial charge in [-0.1, -0.05) is 274 Å². The topological polar surface area (TPSA) is 80.3 Å². The molecule has 0 amide bonds. The number of quaternary nitrogens is 2. The number of hydrogen-bond donors (Lipinski definition) is 0. The molecule has 402 valence electrons. The smallest absolute Gasteiger partial charge is 0.104 e. The average molecular weight is 1030 g/mol. The third kappa shape index (κ3) is 35.6. The van der Waals surface area contributed by atoms with Gasteiger partial charge in [0.05, 0.1) is 53.2 Å². The van der Waals surface area contributed by atoms with Gasteiger partial charge in [0.15, 0.2) is 0 Å². The van der Waals surface area contributed by atoms with Crippen LogP contribution in [0.5, 0.6) is 0 Å². The molecular formula is C64H100N2O4S2. The predicted octanol–water partition coefficient (Wildman–Crippen LogP) is 16.7. The summed E-state index contributed by atoms with van der Waals surface area (Å²) in [6.45, 7) is 9.49. The molecule has 4 rings (SSSR count). The molecule has 0 saturated carbocycles. The Hall–Kier alpha value is -3.56. The number of carboxylic acid groups (broad SMARTS) is 2. The lowest BCUT2D eigenvalue weighted by atomic mass is 10.0. The van der Waals surface area contributed by atoms with Crippen LogP contribution in [0.3, 0.4) is 0 Å². The Kier molecular flexibility index (Phi) is 37.4. The highest BCUT2D eigenvalue weighted by Crippen LogP contribution is 2.37. The van der Waals surface area contributed by atoms with Gasteiger partial charge < -0.3 is 28.8 Å². The molecule has 4 aromatic rings. The van der Waals surface area contributed by atoms with Gasteiger partial charge in [0.1, 0.15) is 13.1 Å². The summed E-state index contributed by atoms with van der Waals surface area (Å²) in [7, 11) is 12.4. The fraction of sp³-hybridized carbons (Fsp3) is 0.594. The van der Waals surface area contributed by atoms with E-state index < -0.39 is 11.9 Å². The summed E-state index contributed by atoms with van der Waals surface area (Å²) in [6.07, 6.45) is 40.4. The van der Waals surface area contributed by atoms with Gasteiger partial charge in [-0.15, -0.1) is 0 Å². The lowest BCUT2D eigenvalue weighted by Crippen LogP contribution is -2.39. The van der Waals surface area contributed by atoms with Gasteiger partial charge in [0.2, 0.25) is 0 Å². The molecule has 0 aliphatic heterocycles. The maximum Gasteiger partial charge on any atom is 0.104 e. The Morgan fingerprint density at radius 3 is 0.819 bits per heavy atom. The highest BCUT2D eigenvalue weighted by atomic mass is 33.1. The fourth-order valence-corrected chi connectivity index (χ4v) is 11.1. The van der Waals surface area contributed by atoms with Gasteiger partial charge in [-0.05, 0) is 61.1 Å². The Labute approximate surface area is 449 Å². The maximum absolute atomic E-state index is 10.6. The normalized spacial score (nSPS) is 11.4. The van der Waals surface area contributed by atoms with Crippen LogP contribution in [0.4, 0.5) is 0 Å². The first-order chi connectivity index (χ1) is 34.8. The first-order valence-electron chi connectivity index (χ1n) is 28.5. The summed E-state index contributed by atoms with van der Waals surface area (Å²) in [4.78, 5) is 23.0. The van der Waals surface area contributed by atoms with E-state index in [0.717, 1.165) is 31.8 Å². The monoisotopic (exact) mass is 1020 g/mol. The first kappa shape index (κ1) is 64.6. The molecule has 0 N–H and O–H groups in total. The van der Waals surface area contributed by atoms with E-state index in [2.05, 4.69) is 103 Å². The largest absolute Gasteiger partial charge is 0.545 e. The number of aromatic carboxylic acids is 2. The van der Waals surface area contributed by atoms with Gasteiger partial charge in [-0.2, -0.15) is 0 Å². The minimum Gasteiger partial charge on any atom is -0.545 e. The molecule has 8 heteroatoms. The summed E-state index contributed by atoms with van der Waals surface area (Å²) >= 11 is 0. The van der Waals surface area contributed by atoms with E-state index in [0.29, 0.717) is 0 Å². The van der Waals surface area contributed by atoms with Crippen molar-refractivity contribution < 1.29 is 28.8 Å². The van der Waals surface area contributed by atoms with Crippen molar-refractivity contribution in [3.63, 3.8) is 0 Å². The number of benzene rings is 4. The van der Waals surface area contributed by atoms with E-state index in [4.69, 9.17) is 0 Å². The minimum absolute atomic E-state index is 0.137. The van der Waals surface area contributed by atoms with Crippen LogP contribution in [0, 0.1) is 0 Å². The highest BCUT2D eigenvalue weighted by Gasteiger charge is 2.16. The van der Waals surface area contributed by atoms with Crippen molar-refractivity contribution in [1.29, 1.82) is 0 Å². The van der Waals surface area contributed by atoms with E-state index in [1.807, 2.05) is 0 Å². The summed E-state index contributed by atoms with van der Waals surface area (Å²) in [5.41, 5.74) is 3.20. The molecule has 0 atom stereocenters. The standard InChI is InChI=1S/2C25H46N.C14H10O4S2/c2*1-4-5-6-7-8-9-10-11-12-13-14-15-16-20-23-26(2,3)24-25-21-18-17-19-22-25;15-13(16)9-1-5-11(6-2-9)19-20-12-7-3-10(4-8-12)14(17)18/h2*17-19,21-22H,4-16,20,23-24H2,1-3H3;1-8H,(H,15,16)(H,17,18)/q2*+1;/p-2. The zero-order valence-electron chi connectivity index (χ0n) is 46.4. The number of unbranched alkanes of at least 4 members (excludes halogenated alkanes) is 26. The molecule has 0 aliphatic rings. The van der Waals surface area contributed by atoms with E-state index >= 15 is 0 Å². The Morgan fingerprint density at radius 1 is 0.347 bits per heavy atom. The number of carboxylic acids is 2. The molecule has 0 spiro atoms. The molecule has 72 heavy (non-hydrogen) atoms. The molecule has 0 bridgehead atoms. The van der Waals surface area contributed by atoms with Crippen LogP contribution in [0.2, 0.25) is 0 Å². The van der Waals surface area contributed by atoms with Crippen LogP contribution in [0.1, 0.15) is 225 Å². The highest BCUT2D eigenvalue weighted by molar-refractivity contribution is 8.76. The van der Waals surface area contributed by atoms with Gasteiger partial charge >= 0.3 is 0 Å². The van der Waals surface area contributed by atoms with Crippen LogP contribution in [-0.4, -0.2) is 62.2 Å². The average Bonchev–Trinajstić information content (AvgIpc) is 3.37. The SMILES string of the molecule is CCCCCCCCCCCCCCCC[N+](C)(C)Cc1ccccc1.CCCCCCCCCCCCCCCC[N+](C)(C)Cc1ccccc1.O=C([O-])c1ccc(SSc2ccc(C(=O)[O-])cc2)cc1. The zero-order valence-corrected chi connectivity index (χ0v) is 48.0.